The maximum atomic E-state index is 12.1. The second-order valence-corrected chi connectivity index (χ2v) is 8.35. The van der Waals surface area contributed by atoms with Gasteiger partial charge in [0.1, 0.15) is 0 Å². The van der Waals surface area contributed by atoms with Gasteiger partial charge >= 0.3 is 0 Å². The molecule has 1 unspecified atom stereocenters. The summed E-state index contributed by atoms with van der Waals surface area (Å²) < 4.78 is 0. The first-order valence-corrected chi connectivity index (χ1v) is 10.5. The van der Waals surface area contributed by atoms with Crippen LogP contribution in [0.15, 0.2) is 36.5 Å². The van der Waals surface area contributed by atoms with Crippen LogP contribution in [-0.2, 0) is 11.2 Å². The van der Waals surface area contributed by atoms with Crippen LogP contribution in [0.2, 0.25) is 0 Å². The van der Waals surface area contributed by atoms with E-state index < -0.39 is 0 Å². The van der Waals surface area contributed by atoms with E-state index in [2.05, 4.69) is 39.0 Å². The van der Waals surface area contributed by atoms with Gasteiger partial charge in [-0.15, -0.1) is 0 Å². The van der Waals surface area contributed by atoms with E-state index in [0.717, 1.165) is 38.1 Å². The summed E-state index contributed by atoms with van der Waals surface area (Å²) in [5, 5.41) is 1.20. The number of carbonyl (C=O) groups excluding carboxylic acids is 1. The minimum absolute atomic E-state index is 0.216. The standard InChI is InChI=1S/C23H31N3O/c1-18(27)25-12-13-26(22-7-3-2-4-8-22)17-20(16-25)14-19-9-10-23-21(15-19)6-5-11-24-23/h5-6,9-11,15,20,22H,2-4,7-8,12-14,16-17H2,1H3. The van der Waals surface area contributed by atoms with Crippen molar-refractivity contribution in [3.05, 3.63) is 42.1 Å². The van der Waals surface area contributed by atoms with Gasteiger partial charge in [-0.1, -0.05) is 31.4 Å². The van der Waals surface area contributed by atoms with Crippen LogP contribution in [0, 0.1) is 5.92 Å². The van der Waals surface area contributed by atoms with Crippen molar-refractivity contribution in [2.75, 3.05) is 26.2 Å². The Hall–Kier alpha value is -1.94. The third kappa shape index (κ3) is 4.49. The van der Waals surface area contributed by atoms with Gasteiger partial charge in [0, 0.05) is 50.7 Å². The molecule has 2 fully saturated rings. The van der Waals surface area contributed by atoms with Crippen molar-refractivity contribution in [2.24, 2.45) is 5.92 Å². The number of amides is 1. The third-order valence-electron chi connectivity index (χ3n) is 6.36. The molecule has 27 heavy (non-hydrogen) atoms. The molecular formula is C23H31N3O. The molecule has 1 aliphatic carbocycles. The largest absolute Gasteiger partial charge is 0.341 e. The topological polar surface area (TPSA) is 36.4 Å². The van der Waals surface area contributed by atoms with Crippen LogP contribution in [0.1, 0.15) is 44.6 Å². The van der Waals surface area contributed by atoms with Crippen molar-refractivity contribution in [3.63, 3.8) is 0 Å². The summed E-state index contributed by atoms with van der Waals surface area (Å²) in [6, 6.07) is 11.5. The highest BCUT2D eigenvalue weighted by atomic mass is 16.2. The molecule has 0 N–H and O–H groups in total. The fourth-order valence-electron chi connectivity index (χ4n) is 4.91. The molecule has 4 heteroatoms. The summed E-state index contributed by atoms with van der Waals surface area (Å²) >= 11 is 0. The molecule has 1 aliphatic heterocycles. The Morgan fingerprint density at radius 3 is 2.78 bits per heavy atom. The second-order valence-electron chi connectivity index (χ2n) is 8.35. The van der Waals surface area contributed by atoms with E-state index in [1.807, 2.05) is 12.3 Å². The summed E-state index contributed by atoms with van der Waals surface area (Å²) in [4.78, 5) is 21.3. The Labute approximate surface area is 162 Å². The first kappa shape index (κ1) is 18.4. The van der Waals surface area contributed by atoms with Crippen molar-refractivity contribution in [3.8, 4) is 0 Å². The number of pyridine rings is 1. The summed E-state index contributed by atoms with van der Waals surface area (Å²) in [5.74, 6) is 0.709. The Morgan fingerprint density at radius 2 is 1.96 bits per heavy atom. The number of hydrogen-bond acceptors (Lipinski definition) is 3. The summed E-state index contributed by atoms with van der Waals surface area (Å²) in [7, 11) is 0. The summed E-state index contributed by atoms with van der Waals surface area (Å²) in [6.07, 6.45) is 9.64. The van der Waals surface area contributed by atoms with Crippen molar-refractivity contribution < 1.29 is 4.79 Å². The van der Waals surface area contributed by atoms with E-state index in [9.17, 15) is 4.79 Å². The molecule has 2 aliphatic rings. The smallest absolute Gasteiger partial charge is 0.219 e. The highest BCUT2D eigenvalue weighted by Crippen LogP contribution is 2.26. The molecule has 4 rings (SSSR count). The molecule has 1 amide bonds. The summed E-state index contributed by atoms with van der Waals surface area (Å²) in [6.45, 7) is 5.62. The number of carbonyl (C=O) groups is 1. The molecule has 2 aromatic rings. The van der Waals surface area contributed by atoms with Crippen LogP contribution in [0.3, 0.4) is 0 Å². The fraction of sp³-hybridized carbons (Fsp3) is 0.565. The van der Waals surface area contributed by atoms with Crippen LogP contribution >= 0.6 is 0 Å². The summed E-state index contributed by atoms with van der Waals surface area (Å²) in [5.41, 5.74) is 2.41. The Morgan fingerprint density at radius 1 is 1.11 bits per heavy atom. The van der Waals surface area contributed by atoms with Crippen LogP contribution < -0.4 is 0 Å². The van der Waals surface area contributed by atoms with E-state index in [0.29, 0.717) is 12.0 Å². The number of fused-ring (bicyclic) bond motifs is 1. The van der Waals surface area contributed by atoms with Gasteiger partial charge in [-0.3, -0.25) is 14.7 Å². The zero-order chi connectivity index (χ0) is 18.6. The molecule has 4 nitrogen and oxygen atoms in total. The maximum Gasteiger partial charge on any atom is 0.219 e. The van der Waals surface area contributed by atoms with Gasteiger partial charge in [0.15, 0.2) is 0 Å². The van der Waals surface area contributed by atoms with Crippen molar-refractivity contribution in [2.45, 2.75) is 51.5 Å². The molecule has 1 saturated heterocycles. The SMILES string of the molecule is CC(=O)N1CCN(C2CCCCC2)CC(Cc2ccc3ncccc3c2)C1. The van der Waals surface area contributed by atoms with Crippen LogP contribution in [-0.4, -0.2) is 52.9 Å². The van der Waals surface area contributed by atoms with Crippen molar-refractivity contribution in [1.29, 1.82) is 0 Å². The van der Waals surface area contributed by atoms with Crippen molar-refractivity contribution >= 4 is 16.8 Å². The second kappa shape index (κ2) is 8.39. The van der Waals surface area contributed by atoms with E-state index in [1.54, 1.807) is 6.92 Å². The molecular weight excluding hydrogens is 334 g/mol. The number of nitrogens with zero attached hydrogens (tertiary/aromatic N) is 3. The first-order valence-electron chi connectivity index (χ1n) is 10.5. The van der Waals surface area contributed by atoms with Crippen LogP contribution in [0.5, 0.6) is 0 Å². The molecule has 1 aromatic heterocycles. The normalized spacial score (nSPS) is 22.7. The Balaban J connectivity index is 1.52. The predicted molar refractivity (Wildman–Crippen MR) is 110 cm³/mol. The average molecular weight is 366 g/mol. The monoisotopic (exact) mass is 365 g/mol. The third-order valence-corrected chi connectivity index (χ3v) is 6.36. The number of benzene rings is 1. The highest BCUT2D eigenvalue weighted by molar-refractivity contribution is 5.78. The maximum absolute atomic E-state index is 12.1. The van der Waals surface area contributed by atoms with Gasteiger partial charge in [0.2, 0.25) is 5.91 Å². The lowest BCUT2D eigenvalue weighted by molar-refractivity contribution is -0.129. The molecule has 0 spiro atoms. The van der Waals surface area contributed by atoms with Gasteiger partial charge in [-0.25, -0.2) is 0 Å². The minimum Gasteiger partial charge on any atom is -0.341 e. The number of aromatic nitrogens is 1. The van der Waals surface area contributed by atoms with E-state index in [4.69, 9.17) is 0 Å². The average Bonchev–Trinajstić information content (AvgIpc) is 2.91. The molecule has 1 atom stereocenters. The molecule has 0 radical (unpaired) electrons. The molecule has 144 valence electrons. The predicted octanol–water partition coefficient (Wildman–Crippen LogP) is 3.89. The van der Waals surface area contributed by atoms with Gasteiger partial charge in [0.25, 0.3) is 0 Å². The fourth-order valence-corrected chi connectivity index (χ4v) is 4.91. The zero-order valence-electron chi connectivity index (χ0n) is 16.4. The minimum atomic E-state index is 0.216. The lowest BCUT2D eigenvalue weighted by atomic mass is 9.92. The van der Waals surface area contributed by atoms with E-state index >= 15 is 0 Å². The zero-order valence-corrected chi connectivity index (χ0v) is 16.4. The van der Waals surface area contributed by atoms with E-state index in [1.165, 1.54) is 43.1 Å². The number of hydrogen-bond donors (Lipinski definition) is 0. The number of rotatable bonds is 3. The quantitative estimate of drug-likeness (QED) is 0.828. The molecule has 0 bridgehead atoms. The van der Waals surface area contributed by atoms with Crippen molar-refractivity contribution in [1.82, 2.24) is 14.8 Å². The highest BCUT2D eigenvalue weighted by Gasteiger charge is 2.29. The molecule has 1 saturated carbocycles. The van der Waals surface area contributed by atoms with Crippen LogP contribution in [0.25, 0.3) is 10.9 Å². The van der Waals surface area contributed by atoms with Gasteiger partial charge < -0.3 is 4.90 Å². The molecule has 1 aromatic carbocycles. The Kier molecular flexibility index (Phi) is 5.72. The lowest BCUT2D eigenvalue weighted by Gasteiger charge is -2.34. The first-order chi connectivity index (χ1) is 13.2. The lowest BCUT2D eigenvalue weighted by Crippen LogP contribution is -2.41. The van der Waals surface area contributed by atoms with Gasteiger partial charge in [-0.05, 0) is 48.9 Å². The van der Waals surface area contributed by atoms with Gasteiger partial charge in [-0.2, -0.15) is 0 Å². The molecule has 2 heterocycles. The van der Waals surface area contributed by atoms with E-state index in [-0.39, 0.29) is 5.91 Å². The van der Waals surface area contributed by atoms with Gasteiger partial charge in [0.05, 0.1) is 5.52 Å². The van der Waals surface area contributed by atoms with Crippen LogP contribution in [0.4, 0.5) is 0 Å². The Bertz CT molecular complexity index is 784.